The molecule has 0 amide bonds. The number of phenols is 2. The number of phenolic OH excluding ortho intramolecular Hbond substituents is 2. The van der Waals surface area contributed by atoms with Gasteiger partial charge in [0.05, 0.1) is 0 Å². The summed E-state index contributed by atoms with van der Waals surface area (Å²) in [6.07, 6.45) is 3.38. The second-order valence-corrected chi connectivity index (χ2v) is 14.7. The molecule has 5 nitrogen and oxygen atoms in total. The van der Waals surface area contributed by atoms with Gasteiger partial charge < -0.3 is 14.3 Å². The number of benzene rings is 2. The minimum absolute atomic E-state index is 0.246. The molecule has 0 atom stereocenters. The van der Waals surface area contributed by atoms with Gasteiger partial charge in [0.1, 0.15) is 11.5 Å². The average molecular weight is 401 g/mol. The third-order valence-electron chi connectivity index (χ3n) is 4.07. The van der Waals surface area contributed by atoms with E-state index in [4.69, 9.17) is 4.12 Å². The van der Waals surface area contributed by atoms with E-state index in [1.165, 1.54) is 0 Å². The van der Waals surface area contributed by atoms with E-state index in [1.807, 2.05) is 76.4 Å². The number of aryl methyl sites for hydroxylation is 2. The van der Waals surface area contributed by atoms with Crippen LogP contribution in [0.25, 0.3) is 0 Å². The normalized spacial score (nSPS) is 13.0. The SMILES string of the molecule is Cc1cccc(/C=N/[Si](C)(C)O[Si](C)(C)/N=C/c2cccc(C)c2O)c1O. The van der Waals surface area contributed by atoms with Gasteiger partial charge in [0.2, 0.25) is 0 Å². The molecule has 0 spiro atoms. The number of para-hydroxylation sites is 2. The van der Waals surface area contributed by atoms with Crippen molar-refractivity contribution < 1.29 is 14.3 Å². The highest BCUT2D eigenvalue weighted by molar-refractivity contribution is 6.84. The second kappa shape index (κ2) is 8.20. The Hall–Kier alpha value is -2.23. The quantitative estimate of drug-likeness (QED) is 0.546. The lowest BCUT2D eigenvalue weighted by molar-refractivity contribution is 0.470. The minimum atomic E-state index is -2.38. The highest BCUT2D eigenvalue weighted by Crippen LogP contribution is 2.23. The van der Waals surface area contributed by atoms with Crippen LogP contribution in [0.5, 0.6) is 11.5 Å². The first-order valence-electron chi connectivity index (χ1n) is 8.88. The molecule has 2 aromatic carbocycles. The molecule has 0 saturated heterocycles. The second-order valence-electron chi connectivity index (χ2n) is 7.54. The van der Waals surface area contributed by atoms with Gasteiger partial charge in [-0.2, -0.15) is 0 Å². The number of hydrogen-bond acceptors (Lipinski definition) is 5. The van der Waals surface area contributed by atoms with Crippen molar-refractivity contribution in [3.63, 3.8) is 0 Å². The maximum atomic E-state index is 10.1. The Balaban J connectivity index is 2.14. The zero-order valence-corrected chi connectivity index (χ0v) is 18.8. The highest BCUT2D eigenvalue weighted by Gasteiger charge is 2.33. The van der Waals surface area contributed by atoms with Crippen molar-refractivity contribution in [2.24, 2.45) is 9.32 Å². The standard InChI is InChI=1S/C20H28N2O3Si2/c1-15-9-7-11-17(19(15)23)13-21-26(3,4)25-27(5,6)22-14-18-12-8-10-16(2)20(18)24/h7-14,23-24H,1-6H3/b21-13+,22-14+. The Labute approximate surface area is 163 Å². The van der Waals surface area contributed by atoms with Gasteiger partial charge in [0, 0.05) is 23.6 Å². The van der Waals surface area contributed by atoms with Crippen LogP contribution in [0, 0.1) is 13.8 Å². The maximum absolute atomic E-state index is 10.1. The van der Waals surface area contributed by atoms with E-state index in [1.54, 1.807) is 12.4 Å². The number of rotatable bonds is 6. The van der Waals surface area contributed by atoms with E-state index in [0.29, 0.717) is 11.1 Å². The first kappa shape index (κ1) is 21.1. The van der Waals surface area contributed by atoms with Crippen molar-refractivity contribution in [2.75, 3.05) is 0 Å². The van der Waals surface area contributed by atoms with Gasteiger partial charge in [-0.3, -0.25) is 9.32 Å². The van der Waals surface area contributed by atoms with Gasteiger partial charge in [-0.05, 0) is 63.3 Å². The van der Waals surface area contributed by atoms with E-state index in [2.05, 4.69) is 9.32 Å². The molecule has 2 N–H and O–H groups in total. The molecule has 0 saturated carbocycles. The average Bonchev–Trinajstić information content (AvgIpc) is 2.57. The zero-order valence-electron chi connectivity index (χ0n) is 16.8. The van der Waals surface area contributed by atoms with Crippen LogP contribution >= 0.6 is 0 Å². The van der Waals surface area contributed by atoms with Gasteiger partial charge in [-0.1, -0.05) is 24.3 Å². The monoisotopic (exact) mass is 400 g/mol. The molecule has 0 unspecified atom stereocenters. The van der Waals surface area contributed by atoms with Gasteiger partial charge in [0.25, 0.3) is 0 Å². The molecule has 7 heteroatoms. The maximum Gasteiger partial charge on any atom is 0.304 e. The number of hydrogen-bond donors (Lipinski definition) is 2. The largest absolute Gasteiger partial charge is 0.507 e. The number of nitrogens with zero attached hydrogens (tertiary/aromatic N) is 2. The summed E-state index contributed by atoms with van der Waals surface area (Å²) < 4.78 is 15.6. The van der Waals surface area contributed by atoms with Crippen LogP contribution in [0.2, 0.25) is 26.2 Å². The summed E-state index contributed by atoms with van der Waals surface area (Å²) in [7, 11) is -4.76. The van der Waals surface area contributed by atoms with Crippen LogP contribution < -0.4 is 0 Å². The summed E-state index contributed by atoms with van der Waals surface area (Å²) in [5.74, 6) is 0.492. The fourth-order valence-electron chi connectivity index (χ4n) is 2.69. The van der Waals surface area contributed by atoms with Gasteiger partial charge >= 0.3 is 17.0 Å². The summed E-state index contributed by atoms with van der Waals surface area (Å²) >= 11 is 0. The van der Waals surface area contributed by atoms with Gasteiger partial charge in [0.15, 0.2) is 0 Å². The first-order chi connectivity index (χ1) is 12.5. The summed E-state index contributed by atoms with van der Waals surface area (Å²) in [6.45, 7) is 11.7. The lowest BCUT2D eigenvalue weighted by Gasteiger charge is -2.27. The van der Waals surface area contributed by atoms with E-state index in [0.717, 1.165) is 11.1 Å². The summed E-state index contributed by atoms with van der Waals surface area (Å²) in [6, 6.07) is 11.2. The lowest BCUT2D eigenvalue weighted by Crippen LogP contribution is -2.42. The Bertz CT molecular complexity index is 806. The summed E-state index contributed by atoms with van der Waals surface area (Å²) in [4.78, 5) is 0. The molecule has 27 heavy (non-hydrogen) atoms. The molecule has 0 radical (unpaired) electrons. The fraction of sp³-hybridized carbons (Fsp3) is 0.300. The number of aromatic hydroxyl groups is 2. The molecule has 0 aromatic heterocycles. The predicted octanol–water partition coefficient (Wildman–Crippen LogP) is 4.67. The van der Waals surface area contributed by atoms with Crippen LogP contribution in [-0.4, -0.2) is 39.6 Å². The van der Waals surface area contributed by atoms with E-state index in [-0.39, 0.29) is 11.5 Å². The molecular formula is C20H28N2O3Si2. The van der Waals surface area contributed by atoms with Crippen molar-refractivity contribution in [3.05, 3.63) is 58.7 Å². The summed E-state index contributed by atoms with van der Waals surface area (Å²) in [5.41, 5.74) is 3.01. The molecule has 2 aromatic rings. The van der Waals surface area contributed by atoms with Crippen LogP contribution in [-0.2, 0) is 4.12 Å². The predicted molar refractivity (Wildman–Crippen MR) is 117 cm³/mol. The minimum Gasteiger partial charge on any atom is -0.507 e. The molecular weight excluding hydrogens is 372 g/mol. The topological polar surface area (TPSA) is 74.4 Å². The van der Waals surface area contributed by atoms with E-state index in [9.17, 15) is 10.2 Å². The van der Waals surface area contributed by atoms with E-state index < -0.39 is 17.0 Å². The van der Waals surface area contributed by atoms with Crippen molar-refractivity contribution >= 4 is 29.4 Å². The highest BCUT2D eigenvalue weighted by atomic mass is 28.4. The van der Waals surface area contributed by atoms with Crippen LogP contribution in [0.1, 0.15) is 22.3 Å². The van der Waals surface area contributed by atoms with Crippen molar-refractivity contribution in [1.29, 1.82) is 0 Å². The van der Waals surface area contributed by atoms with Crippen LogP contribution in [0.4, 0.5) is 0 Å². The fourth-order valence-corrected chi connectivity index (χ4v) is 8.90. The van der Waals surface area contributed by atoms with Gasteiger partial charge in [-0.25, -0.2) is 0 Å². The van der Waals surface area contributed by atoms with Crippen molar-refractivity contribution in [2.45, 2.75) is 40.0 Å². The zero-order chi connectivity index (χ0) is 20.2. The van der Waals surface area contributed by atoms with Crippen molar-refractivity contribution in [3.8, 4) is 11.5 Å². The Kier molecular flexibility index (Phi) is 6.40. The van der Waals surface area contributed by atoms with E-state index >= 15 is 0 Å². The molecule has 2 rings (SSSR count). The molecule has 0 fully saturated rings. The van der Waals surface area contributed by atoms with Gasteiger partial charge in [-0.15, -0.1) is 0 Å². The molecule has 0 bridgehead atoms. The first-order valence-corrected chi connectivity index (χ1v) is 14.6. The molecule has 0 aliphatic carbocycles. The third kappa shape index (κ3) is 5.88. The Morgan fingerprint density at radius 3 is 1.48 bits per heavy atom. The van der Waals surface area contributed by atoms with Crippen molar-refractivity contribution in [1.82, 2.24) is 0 Å². The van der Waals surface area contributed by atoms with Crippen LogP contribution in [0.3, 0.4) is 0 Å². The molecule has 0 aliphatic heterocycles. The third-order valence-corrected chi connectivity index (χ3v) is 9.56. The Morgan fingerprint density at radius 1 is 0.741 bits per heavy atom. The van der Waals surface area contributed by atoms with Crippen LogP contribution in [0.15, 0.2) is 45.7 Å². The molecule has 0 aliphatic rings. The molecule has 144 valence electrons. The molecule has 0 heterocycles. The smallest absolute Gasteiger partial charge is 0.304 e. The summed E-state index contributed by atoms with van der Waals surface area (Å²) in [5, 5.41) is 20.3. The Morgan fingerprint density at radius 2 is 1.11 bits per heavy atom. The lowest BCUT2D eigenvalue weighted by atomic mass is 10.1.